The second-order valence-electron chi connectivity index (χ2n) is 7.41. The highest BCUT2D eigenvalue weighted by molar-refractivity contribution is 6.02. The lowest BCUT2D eigenvalue weighted by Gasteiger charge is -2.05. The minimum Gasteiger partial charge on any atom is -0.292 e. The minimum atomic E-state index is 0. The van der Waals surface area contributed by atoms with E-state index in [9.17, 15) is 14.4 Å². The Balaban J connectivity index is 0.000000141. The number of nitrogens with zero attached hydrogens (tertiary/aromatic N) is 3. The van der Waals surface area contributed by atoms with Gasteiger partial charge in [0.2, 0.25) is 0 Å². The van der Waals surface area contributed by atoms with Crippen molar-refractivity contribution in [1.82, 2.24) is 15.0 Å². The van der Waals surface area contributed by atoms with E-state index in [0.29, 0.717) is 36.3 Å². The summed E-state index contributed by atoms with van der Waals surface area (Å²) in [5.41, 5.74) is 4.62. The molecular weight excluding hydrogens is 441 g/mol. The van der Waals surface area contributed by atoms with Crippen LogP contribution in [0.3, 0.4) is 0 Å². The number of rotatable bonds is 0. The molecule has 3 heterocycles. The zero-order valence-electron chi connectivity index (χ0n) is 18.4. The first-order chi connectivity index (χ1) is 16.1. The highest BCUT2D eigenvalue weighted by atomic mass is 27.0. The van der Waals surface area contributed by atoms with Crippen LogP contribution in [0, 0.1) is 0 Å². The Kier molecular flexibility index (Phi) is 8.69. The van der Waals surface area contributed by atoms with Crippen molar-refractivity contribution in [3.63, 3.8) is 0 Å². The quantitative estimate of drug-likeness (QED) is 0.452. The van der Waals surface area contributed by atoms with Gasteiger partial charge in [-0.3, -0.25) is 29.3 Å². The number of aromatic nitrogens is 3. The molecule has 7 heteroatoms. The molecule has 0 spiro atoms. The number of hydrogen-bond acceptors (Lipinski definition) is 6. The maximum Gasteiger partial charge on any atom is 0.185 e. The number of pyridine rings is 3. The Morgan fingerprint density at radius 2 is 0.794 bits per heavy atom. The number of carbonyl (C=O) groups is 3. The molecule has 6 rings (SSSR count). The second kappa shape index (κ2) is 11.9. The van der Waals surface area contributed by atoms with E-state index in [1.807, 2.05) is 72.9 Å². The number of hydrogen-bond donors (Lipinski definition) is 0. The molecule has 0 unspecified atom stereocenters. The first kappa shape index (κ1) is 24.8. The lowest BCUT2D eigenvalue weighted by molar-refractivity contribution is 0.0981. The third-order valence-electron chi connectivity index (χ3n) is 5.11. The first-order valence-electron chi connectivity index (χ1n) is 10.6. The fourth-order valence-corrected chi connectivity index (χ4v) is 3.52. The molecule has 6 nitrogen and oxygen atoms in total. The number of Topliss-reactive ketones (excluding diaryl/α,β-unsaturated/α-hetero) is 3. The Morgan fingerprint density at radius 3 is 1.06 bits per heavy atom. The molecule has 0 saturated carbocycles. The molecule has 0 saturated heterocycles. The molecule has 3 aromatic heterocycles. The van der Waals surface area contributed by atoms with Gasteiger partial charge in [-0.05, 0) is 18.2 Å². The maximum absolute atomic E-state index is 11.2. The zero-order valence-corrected chi connectivity index (χ0v) is 19.6. The van der Waals surface area contributed by atoms with Crippen LogP contribution in [0.25, 0.3) is 18.2 Å². The van der Waals surface area contributed by atoms with Gasteiger partial charge in [0, 0.05) is 71.9 Å². The molecule has 0 aliphatic heterocycles. The molecule has 165 valence electrons. The van der Waals surface area contributed by atoms with Crippen LogP contribution >= 0.6 is 0 Å². The average Bonchev–Trinajstić information content (AvgIpc) is 2.86. The molecule has 0 fully saturated rings. The number of ketones is 3. The SMILES string of the molecule is O=C1CC=Cc2cccnc21.O=C1CC=Cc2cccnc21.O=C1CC=Cc2cccnc21.[Al]. The summed E-state index contributed by atoms with van der Waals surface area (Å²) >= 11 is 0. The highest BCUT2D eigenvalue weighted by Crippen LogP contribution is 2.17. The lowest BCUT2D eigenvalue weighted by atomic mass is 10.0. The normalized spacial score (nSPS) is 14.3. The maximum atomic E-state index is 11.2. The fourth-order valence-electron chi connectivity index (χ4n) is 3.52. The van der Waals surface area contributed by atoms with Crippen LogP contribution < -0.4 is 0 Å². The summed E-state index contributed by atoms with van der Waals surface area (Å²) < 4.78 is 0. The van der Waals surface area contributed by atoms with E-state index in [1.54, 1.807) is 18.6 Å². The number of fused-ring (bicyclic) bond motifs is 3. The summed E-state index contributed by atoms with van der Waals surface area (Å²) in [6.45, 7) is 0. The van der Waals surface area contributed by atoms with Crippen molar-refractivity contribution in [2.24, 2.45) is 0 Å². The molecule has 0 N–H and O–H groups in total. The van der Waals surface area contributed by atoms with Gasteiger partial charge >= 0.3 is 0 Å². The van der Waals surface area contributed by atoms with Gasteiger partial charge in [0.1, 0.15) is 17.1 Å². The summed E-state index contributed by atoms with van der Waals surface area (Å²) in [7, 11) is 0. The molecule has 0 bridgehead atoms. The third-order valence-corrected chi connectivity index (χ3v) is 5.11. The van der Waals surface area contributed by atoms with Gasteiger partial charge in [-0.25, -0.2) is 0 Å². The third kappa shape index (κ3) is 5.96. The van der Waals surface area contributed by atoms with Crippen molar-refractivity contribution in [3.05, 3.63) is 107 Å². The van der Waals surface area contributed by atoms with E-state index in [-0.39, 0.29) is 34.7 Å². The van der Waals surface area contributed by atoms with Gasteiger partial charge in [0.15, 0.2) is 17.3 Å². The van der Waals surface area contributed by atoms with Gasteiger partial charge in [-0.1, -0.05) is 54.7 Å². The van der Waals surface area contributed by atoms with Crippen molar-refractivity contribution in [2.75, 3.05) is 0 Å². The second-order valence-corrected chi connectivity index (χ2v) is 7.41. The van der Waals surface area contributed by atoms with Crippen LogP contribution in [0.1, 0.15) is 67.4 Å². The topological polar surface area (TPSA) is 89.9 Å². The average molecular weight is 462 g/mol. The predicted molar refractivity (Wildman–Crippen MR) is 132 cm³/mol. The summed E-state index contributed by atoms with van der Waals surface area (Å²) in [6, 6.07) is 11.2. The Hall–Kier alpha value is -3.79. The van der Waals surface area contributed by atoms with Crippen molar-refractivity contribution in [3.8, 4) is 0 Å². The Morgan fingerprint density at radius 1 is 0.500 bits per heavy atom. The van der Waals surface area contributed by atoms with Gasteiger partial charge in [0.25, 0.3) is 0 Å². The zero-order chi connectivity index (χ0) is 23.0. The summed E-state index contributed by atoms with van der Waals surface area (Å²) in [5, 5.41) is 0. The van der Waals surface area contributed by atoms with Gasteiger partial charge < -0.3 is 0 Å². The molecule has 0 amide bonds. The van der Waals surface area contributed by atoms with E-state index in [1.165, 1.54) is 0 Å². The van der Waals surface area contributed by atoms with E-state index in [0.717, 1.165) is 16.7 Å². The molecule has 3 radical (unpaired) electrons. The Bertz CT molecular complexity index is 1150. The standard InChI is InChI=1S/3C9H7NO.Al/c3*11-8-5-1-3-7-4-2-6-10-9(7)8;/h3*1-4,6H,5H2;. The summed E-state index contributed by atoms with van der Waals surface area (Å²) in [5.74, 6) is 0.342. The first-order valence-corrected chi connectivity index (χ1v) is 10.6. The minimum absolute atomic E-state index is 0. The van der Waals surface area contributed by atoms with Crippen molar-refractivity contribution in [2.45, 2.75) is 19.3 Å². The van der Waals surface area contributed by atoms with Crippen molar-refractivity contribution >= 4 is 52.9 Å². The largest absolute Gasteiger partial charge is 0.292 e. The van der Waals surface area contributed by atoms with Crippen LogP contribution in [-0.4, -0.2) is 49.7 Å². The molecule has 3 aliphatic carbocycles. The van der Waals surface area contributed by atoms with Gasteiger partial charge in [-0.15, -0.1) is 0 Å². The monoisotopic (exact) mass is 462 g/mol. The van der Waals surface area contributed by atoms with Crippen molar-refractivity contribution in [1.29, 1.82) is 0 Å². The summed E-state index contributed by atoms with van der Waals surface area (Å²) in [4.78, 5) is 45.5. The predicted octanol–water partition coefficient (Wildman–Crippen LogP) is 4.66. The number of allylic oxidation sites excluding steroid dienone is 3. The smallest absolute Gasteiger partial charge is 0.185 e. The Labute approximate surface area is 208 Å². The molecule has 3 aliphatic rings. The van der Waals surface area contributed by atoms with Crippen LogP contribution in [0.15, 0.2) is 73.2 Å². The molecule has 0 atom stereocenters. The van der Waals surface area contributed by atoms with E-state index < -0.39 is 0 Å². The van der Waals surface area contributed by atoms with Gasteiger partial charge in [0.05, 0.1) is 0 Å². The van der Waals surface area contributed by atoms with Crippen LogP contribution in [0.2, 0.25) is 0 Å². The molecular formula is C27H21AlN3O3. The van der Waals surface area contributed by atoms with Crippen LogP contribution in [-0.2, 0) is 0 Å². The van der Waals surface area contributed by atoms with E-state index in [4.69, 9.17) is 0 Å². The van der Waals surface area contributed by atoms with E-state index >= 15 is 0 Å². The van der Waals surface area contributed by atoms with Crippen molar-refractivity contribution < 1.29 is 14.4 Å². The van der Waals surface area contributed by atoms with E-state index in [2.05, 4.69) is 15.0 Å². The molecule has 34 heavy (non-hydrogen) atoms. The van der Waals surface area contributed by atoms with Crippen LogP contribution in [0.4, 0.5) is 0 Å². The highest BCUT2D eigenvalue weighted by Gasteiger charge is 2.14. The molecule has 3 aromatic rings. The van der Waals surface area contributed by atoms with Crippen LogP contribution in [0.5, 0.6) is 0 Å². The summed E-state index contributed by atoms with van der Waals surface area (Å²) in [6.07, 6.45) is 17.8. The lowest BCUT2D eigenvalue weighted by Crippen LogP contribution is -2.06. The number of carbonyl (C=O) groups excluding carboxylic acids is 3. The van der Waals surface area contributed by atoms with Gasteiger partial charge in [-0.2, -0.15) is 0 Å². The molecule has 0 aromatic carbocycles. The fraction of sp³-hybridized carbons (Fsp3) is 0.111.